The molecule has 0 aliphatic carbocycles. The lowest BCUT2D eigenvalue weighted by Gasteiger charge is -2.12. The molecule has 5 nitrogen and oxygen atoms in total. The summed E-state index contributed by atoms with van der Waals surface area (Å²) in [5, 5.41) is 0. The van der Waals surface area contributed by atoms with E-state index in [9.17, 15) is 18.0 Å². The summed E-state index contributed by atoms with van der Waals surface area (Å²) in [7, 11) is 1.34. The van der Waals surface area contributed by atoms with Gasteiger partial charge >= 0.3 is 6.36 Å². The quantitative estimate of drug-likeness (QED) is 0.812. The van der Waals surface area contributed by atoms with Crippen LogP contribution < -0.4 is 9.47 Å². The number of carbonyl (C=O) groups excluding carboxylic acids is 1. The lowest BCUT2D eigenvalue weighted by Crippen LogP contribution is -2.19. The summed E-state index contributed by atoms with van der Waals surface area (Å²) in [4.78, 5) is 19.7. The summed E-state index contributed by atoms with van der Waals surface area (Å²) in [5.74, 6) is -1.19. The van der Waals surface area contributed by atoms with Gasteiger partial charge in [-0.25, -0.2) is 9.97 Å². The molecule has 0 amide bonds. The molecule has 21 heavy (non-hydrogen) atoms. The van der Waals surface area contributed by atoms with Gasteiger partial charge in [0, 0.05) is 6.07 Å². The van der Waals surface area contributed by atoms with Crippen molar-refractivity contribution in [2.45, 2.75) is 6.36 Å². The van der Waals surface area contributed by atoms with Crippen molar-refractivity contribution in [1.29, 1.82) is 0 Å². The van der Waals surface area contributed by atoms with Crippen LogP contribution in [-0.4, -0.2) is 29.2 Å². The Hall–Kier alpha value is -2.64. The Labute approximate surface area is 117 Å². The molecule has 8 heteroatoms. The largest absolute Gasteiger partial charge is 0.573 e. The van der Waals surface area contributed by atoms with Gasteiger partial charge in [0.15, 0.2) is 0 Å². The average Bonchev–Trinajstić information content (AvgIpc) is 2.45. The minimum absolute atomic E-state index is 0.0972. The van der Waals surface area contributed by atoms with Gasteiger partial charge in [0.05, 0.1) is 12.7 Å². The van der Waals surface area contributed by atoms with Crippen LogP contribution in [0.5, 0.6) is 11.6 Å². The highest BCUT2D eigenvalue weighted by Crippen LogP contribution is 2.27. The summed E-state index contributed by atoms with van der Waals surface area (Å²) in [6.45, 7) is 0. The number of ketones is 1. The third-order valence-electron chi connectivity index (χ3n) is 2.44. The van der Waals surface area contributed by atoms with Crippen molar-refractivity contribution in [3.8, 4) is 11.6 Å². The molecule has 2 rings (SSSR count). The lowest BCUT2D eigenvalue weighted by atomic mass is 10.1. The fourth-order valence-corrected chi connectivity index (χ4v) is 1.58. The predicted octanol–water partition coefficient (Wildman–Crippen LogP) is 2.61. The molecule has 0 aliphatic rings. The minimum Gasteiger partial charge on any atom is -0.481 e. The molecule has 0 aliphatic heterocycles. The van der Waals surface area contributed by atoms with Crippen molar-refractivity contribution in [3.05, 3.63) is 47.9 Å². The molecule has 110 valence electrons. The van der Waals surface area contributed by atoms with E-state index >= 15 is 0 Å². The molecular formula is C13H9F3N2O3. The highest BCUT2D eigenvalue weighted by Gasteiger charge is 2.33. The van der Waals surface area contributed by atoms with Crippen molar-refractivity contribution in [3.63, 3.8) is 0 Å². The van der Waals surface area contributed by atoms with Gasteiger partial charge in [0.25, 0.3) is 0 Å². The first-order valence-corrected chi connectivity index (χ1v) is 5.66. The number of halogens is 3. The Bertz CT molecular complexity index is 659. The number of rotatable bonds is 4. The molecule has 1 heterocycles. The molecule has 0 radical (unpaired) electrons. The number of nitrogens with zero attached hydrogens (tertiary/aromatic N) is 2. The smallest absolute Gasteiger partial charge is 0.481 e. The number of carbonyl (C=O) groups is 1. The lowest BCUT2D eigenvalue weighted by molar-refractivity contribution is -0.274. The number of hydrogen-bond acceptors (Lipinski definition) is 5. The topological polar surface area (TPSA) is 61.3 Å². The zero-order chi connectivity index (χ0) is 15.5. The standard InChI is InChI=1S/C13H9F3N2O3/c1-20-11-6-9(17-7-18-11)12(19)8-4-2-3-5-10(8)21-13(14,15)16/h2-7H,1H3. The maximum atomic E-state index is 12.3. The first-order valence-electron chi connectivity index (χ1n) is 5.66. The molecule has 0 N–H and O–H groups in total. The summed E-state index contributed by atoms with van der Waals surface area (Å²) in [6.07, 6.45) is -3.81. The molecule has 0 atom stereocenters. The fourth-order valence-electron chi connectivity index (χ4n) is 1.58. The molecule has 0 saturated heterocycles. The van der Waals surface area contributed by atoms with Crippen LogP contribution in [0.2, 0.25) is 0 Å². The maximum absolute atomic E-state index is 12.3. The number of para-hydroxylation sites is 1. The molecule has 1 aromatic carbocycles. The summed E-state index contributed by atoms with van der Waals surface area (Å²) in [5.41, 5.74) is -0.351. The molecular weight excluding hydrogens is 289 g/mol. The molecule has 0 spiro atoms. The maximum Gasteiger partial charge on any atom is 0.573 e. The third kappa shape index (κ3) is 3.68. The second-order valence-corrected chi connectivity index (χ2v) is 3.82. The third-order valence-corrected chi connectivity index (χ3v) is 2.44. The molecule has 0 saturated carbocycles. The van der Waals surface area contributed by atoms with Gasteiger partial charge in [-0.05, 0) is 12.1 Å². The predicted molar refractivity (Wildman–Crippen MR) is 65.1 cm³/mol. The zero-order valence-electron chi connectivity index (χ0n) is 10.7. The van der Waals surface area contributed by atoms with Gasteiger partial charge in [-0.2, -0.15) is 0 Å². The SMILES string of the molecule is COc1cc(C(=O)c2ccccc2OC(F)(F)F)ncn1. The Morgan fingerprint density at radius 1 is 1.19 bits per heavy atom. The van der Waals surface area contributed by atoms with Crippen LogP contribution in [0.25, 0.3) is 0 Å². The number of methoxy groups -OCH3 is 1. The van der Waals surface area contributed by atoms with Gasteiger partial charge in [-0.1, -0.05) is 12.1 Å². The number of benzene rings is 1. The van der Waals surface area contributed by atoms with Gasteiger partial charge in [-0.3, -0.25) is 4.79 Å². The van der Waals surface area contributed by atoms with E-state index in [1.807, 2.05) is 0 Å². The second-order valence-electron chi connectivity index (χ2n) is 3.82. The Balaban J connectivity index is 2.39. The molecule has 1 aromatic heterocycles. The van der Waals surface area contributed by atoms with Crippen molar-refractivity contribution < 1.29 is 27.4 Å². The molecule has 0 bridgehead atoms. The van der Waals surface area contributed by atoms with E-state index in [4.69, 9.17) is 4.74 Å². The first-order chi connectivity index (χ1) is 9.90. The van der Waals surface area contributed by atoms with Crippen LogP contribution in [0.4, 0.5) is 13.2 Å². The highest BCUT2D eigenvalue weighted by atomic mass is 19.4. The van der Waals surface area contributed by atoms with Crippen molar-refractivity contribution in [2.75, 3.05) is 7.11 Å². The summed E-state index contributed by atoms with van der Waals surface area (Å²) < 4.78 is 45.7. The van der Waals surface area contributed by atoms with Gasteiger partial charge in [-0.15, -0.1) is 13.2 Å². The fraction of sp³-hybridized carbons (Fsp3) is 0.154. The van der Waals surface area contributed by atoms with Crippen LogP contribution in [0.1, 0.15) is 16.1 Å². The minimum atomic E-state index is -4.89. The first kappa shape index (κ1) is 14.8. The van der Waals surface area contributed by atoms with Gasteiger partial charge in [0.2, 0.25) is 11.7 Å². The van der Waals surface area contributed by atoms with Crippen LogP contribution in [0.3, 0.4) is 0 Å². The number of aromatic nitrogens is 2. The van der Waals surface area contributed by atoms with E-state index in [0.29, 0.717) is 0 Å². The van der Waals surface area contributed by atoms with Crippen molar-refractivity contribution in [2.24, 2.45) is 0 Å². The Morgan fingerprint density at radius 3 is 2.57 bits per heavy atom. The van der Waals surface area contributed by atoms with E-state index < -0.39 is 17.9 Å². The number of hydrogen-bond donors (Lipinski definition) is 0. The van der Waals surface area contributed by atoms with Crippen LogP contribution in [0, 0.1) is 0 Å². The molecule has 0 fully saturated rings. The Kier molecular flexibility index (Phi) is 4.06. The molecule has 2 aromatic rings. The van der Waals surface area contributed by atoms with E-state index in [2.05, 4.69) is 14.7 Å². The zero-order valence-corrected chi connectivity index (χ0v) is 10.7. The van der Waals surface area contributed by atoms with E-state index in [1.165, 1.54) is 31.4 Å². The van der Waals surface area contributed by atoms with E-state index in [1.54, 1.807) is 0 Å². The summed E-state index contributed by atoms with van der Waals surface area (Å²) in [6, 6.07) is 6.26. The number of ether oxygens (including phenoxy) is 2. The monoisotopic (exact) mass is 298 g/mol. The van der Waals surface area contributed by atoms with Gasteiger partial charge in [0.1, 0.15) is 17.8 Å². The van der Waals surface area contributed by atoms with Crippen molar-refractivity contribution >= 4 is 5.78 Å². The van der Waals surface area contributed by atoms with E-state index in [0.717, 1.165) is 12.4 Å². The van der Waals surface area contributed by atoms with Crippen LogP contribution >= 0.6 is 0 Å². The number of alkyl halides is 3. The van der Waals surface area contributed by atoms with Crippen molar-refractivity contribution in [1.82, 2.24) is 9.97 Å². The van der Waals surface area contributed by atoms with Crippen LogP contribution in [0.15, 0.2) is 36.7 Å². The summed E-state index contributed by atoms with van der Waals surface area (Å²) >= 11 is 0. The average molecular weight is 298 g/mol. The van der Waals surface area contributed by atoms with Gasteiger partial charge < -0.3 is 9.47 Å². The highest BCUT2D eigenvalue weighted by molar-refractivity contribution is 6.09. The normalized spacial score (nSPS) is 11.0. The van der Waals surface area contributed by atoms with Crippen LogP contribution in [-0.2, 0) is 0 Å². The second kappa shape index (κ2) is 5.78. The molecule has 0 unspecified atom stereocenters. The van der Waals surface area contributed by atoms with E-state index in [-0.39, 0.29) is 17.1 Å². The Morgan fingerprint density at radius 2 is 1.90 bits per heavy atom.